The molecule has 0 fully saturated rings. The fourth-order valence-corrected chi connectivity index (χ4v) is 3.15. The Hall–Kier alpha value is -2.55. The second-order valence-corrected chi connectivity index (χ2v) is 5.92. The summed E-state index contributed by atoms with van der Waals surface area (Å²) in [7, 11) is 1.24. The lowest BCUT2D eigenvalue weighted by Crippen LogP contribution is -2.06. The average molecular weight is 390 g/mol. The molecule has 0 aliphatic rings. The summed E-state index contributed by atoms with van der Waals surface area (Å²) in [4.78, 5) is 11.6. The Kier molecular flexibility index (Phi) is 6.25. The first kappa shape index (κ1) is 19.8. The number of benzene rings is 2. The van der Waals surface area contributed by atoms with Gasteiger partial charge in [0.15, 0.2) is 23.3 Å². The molecule has 0 unspecified atom stereocenters. The maximum Gasteiger partial charge on any atom is 0.339 e. The second kappa shape index (κ2) is 8.22. The third kappa shape index (κ3) is 3.82. The number of carboxylic acids is 1. The van der Waals surface area contributed by atoms with Gasteiger partial charge in [-0.05, 0) is 6.07 Å². The first-order chi connectivity index (χ1) is 12.3. The summed E-state index contributed by atoms with van der Waals surface area (Å²) >= 11 is 0.728. The van der Waals surface area contributed by atoms with E-state index in [1.807, 2.05) is 0 Å². The van der Waals surface area contributed by atoms with E-state index in [0.29, 0.717) is 0 Å². The van der Waals surface area contributed by atoms with Crippen LogP contribution in [-0.2, 0) is 15.3 Å². The van der Waals surface area contributed by atoms with Gasteiger partial charge in [0, 0.05) is 21.8 Å². The predicted molar refractivity (Wildman–Crippen MR) is 84.9 cm³/mol. The topological polar surface area (TPSA) is 46.5 Å². The highest BCUT2D eigenvalue weighted by molar-refractivity contribution is 7.98. The Morgan fingerprint density at radius 1 is 1.04 bits per heavy atom. The van der Waals surface area contributed by atoms with Gasteiger partial charge < -0.3 is 9.84 Å². The Morgan fingerprint density at radius 2 is 1.58 bits per heavy atom. The molecule has 0 saturated heterocycles. The van der Waals surface area contributed by atoms with Crippen LogP contribution < -0.4 is 0 Å². The number of ether oxygens (including phenoxy) is 1. The number of carboxylic acid groups (broad SMARTS) is 1. The number of aliphatic carboxylic acids is 1. The SMILES string of the molecule is COC=C(C(=O)O)c1ccccc1SCc1c(F)c(F)c(F)c(F)c1F. The Morgan fingerprint density at radius 3 is 2.12 bits per heavy atom. The van der Waals surface area contributed by atoms with E-state index in [-0.39, 0.29) is 16.0 Å². The summed E-state index contributed by atoms with van der Waals surface area (Å²) in [6, 6.07) is 5.96. The number of halogens is 5. The Balaban J connectivity index is 2.41. The molecule has 0 aliphatic heterocycles. The molecule has 0 saturated carbocycles. The molecule has 2 rings (SSSR count). The maximum atomic E-state index is 13.8. The fourth-order valence-electron chi connectivity index (χ4n) is 2.09. The molecule has 1 N–H and O–H groups in total. The normalized spacial score (nSPS) is 11.5. The summed E-state index contributed by atoms with van der Waals surface area (Å²) < 4.78 is 71.8. The number of hydrogen-bond acceptors (Lipinski definition) is 3. The first-order valence-electron chi connectivity index (χ1n) is 6.98. The van der Waals surface area contributed by atoms with Gasteiger partial charge in [-0.15, -0.1) is 11.8 Å². The van der Waals surface area contributed by atoms with Crippen LogP contribution >= 0.6 is 11.8 Å². The second-order valence-electron chi connectivity index (χ2n) is 4.91. The van der Waals surface area contributed by atoms with Crippen LogP contribution in [0.15, 0.2) is 35.4 Å². The molecule has 0 amide bonds. The molecule has 0 spiro atoms. The monoisotopic (exact) mass is 390 g/mol. The van der Waals surface area contributed by atoms with Crippen molar-refractivity contribution in [2.45, 2.75) is 10.6 Å². The lowest BCUT2D eigenvalue weighted by molar-refractivity contribution is -0.130. The van der Waals surface area contributed by atoms with Crippen LogP contribution in [0.3, 0.4) is 0 Å². The van der Waals surface area contributed by atoms with Gasteiger partial charge in [-0.25, -0.2) is 26.7 Å². The van der Waals surface area contributed by atoms with Gasteiger partial charge in [0.05, 0.1) is 13.4 Å². The van der Waals surface area contributed by atoms with Gasteiger partial charge in [-0.3, -0.25) is 0 Å². The molecular weight excluding hydrogens is 379 g/mol. The molecule has 138 valence electrons. The quantitative estimate of drug-likeness (QED) is 0.193. The highest BCUT2D eigenvalue weighted by atomic mass is 32.2. The van der Waals surface area contributed by atoms with Crippen molar-refractivity contribution in [1.29, 1.82) is 0 Å². The van der Waals surface area contributed by atoms with Crippen LogP contribution in [0.1, 0.15) is 11.1 Å². The van der Waals surface area contributed by atoms with E-state index in [1.165, 1.54) is 31.4 Å². The number of carbonyl (C=O) groups is 1. The standard InChI is InChI=1S/C17H11F5O3S/c1-25-6-9(17(23)24)8-4-2-3-5-11(8)26-7-10-12(18)14(20)16(22)15(21)13(10)19/h2-6H,7H2,1H3,(H,23,24). The van der Waals surface area contributed by atoms with Gasteiger partial charge >= 0.3 is 5.97 Å². The van der Waals surface area contributed by atoms with Crippen molar-refractivity contribution in [1.82, 2.24) is 0 Å². The molecule has 3 nitrogen and oxygen atoms in total. The van der Waals surface area contributed by atoms with E-state index in [1.54, 1.807) is 0 Å². The molecule has 0 aliphatic carbocycles. The number of thioether (sulfide) groups is 1. The molecule has 0 heterocycles. The van der Waals surface area contributed by atoms with Crippen molar-refractivity contribution in [2.24, 2.45) is 0 Å². The van der Waals surface area contributed by atoms with Crippen molar-refractivity contribution < 1.29 is 36.6 Å². The van der Waals surface area contributed by atoms with E-state index < -0.39 is 46.4 Å². The smallest absolute Gasteiger partial charge is 0.339 e. The van der Waals surface area contributed by atoms with Crippen LogP contribution in [0.25, 0.3) is 5.57 Å². The summed E-state index contributed by atoms with van der Waals surface area (Å²) in [6.45, 7) is 0. The van der Waals surface area contributed by atoms with Gasteiger partial charge in [0.1, 0.15) is 5.57 Å². The van der Waals surface area contributed by atoms with Crippen LogP contribution in [0.2, 0.25) is 0 Å². The molecule has 0 atom stereocenters. The van der Waals surface area contributed by atoms with E-state index in [9.17, 15) is 31.9 Å². The van der Waals surface area contributed by atoms with Gasteiger partial charge in [-0.2, -0.15) is 0 Å². The number of rotatable bonds is 6. The summed E-state index contributed by atoms with van der Waals surface area (Å²) in [5.41, 5.74) is -1.04. The van der Waals surface area contributed by atoms with Crippen LogP contribution in [0.5, 0.6) is 0 Å². The van der Waals surface area contributed by atoms with Crippen molar-refractivity contribution in [3.05, 3.63) is 70.7 Å². The minimum absolute atomic E-state index is 0.177. The van der Waals surface area contributed by atoms with Crippen molar-refractivity contribution in [3.8, 4) is 0 Å². The van der Waals surface area contributed by atoms with Crippen molar-refractivity contribution >= 4 is 23.3 Å². The molecule has 0 bridgehead atoms. The third-order valence-electron chi connectivity index (χ3n) is 3.32. The largest absolute Gasteiger partial charge is 0.503 e. The predicted octanol–water partition coefficient (Wildman–Crippen LogP) is 4.75. The van der Waals surface area contributed by atoms with Crippen LogP contribution in [0.4, 0.5) is 22.0 Å². The average Bonchev–Trinajstić information content (AvgIpc) is 2.63. The molecule has 9 heteroatoms. The zero-order valence-electron chi connectivity index (χ0n) is 13.2. The minimum atomic E-state index is -2.23. The zero-order chi connectivity index (χ0) is 19.4. The molecule has 0 aromatic heterocycles. The lowest BCUT2D eigenvalue weighted by atomic mass is 10.1. The number of hydrogen-bond donors (Lipinski definition) is 1. The molecule has 0 radical (unpaired) electrons. The van der Waals surface area contributed by atoms with Crippen LogP contribution in [0, 0.1) is 29.1 Å². The highest BCUT2D eigenvalue weighted by Crippen LogP contribution is 2.33. The van der Waals surface area contributed by atoms with Crippen molar-refractivity contribution in [3.63, 3.8) is 0 Å². The minimum Gasteiger partial charge on any atom is -0.503 e. The fraction of sp³-hybridized carbons (Fsp3) is 0.118. The van der Waals surface area contributed by atoms with E-state index in [2.05, 4.69) is 0 Å². The van der Waals surface area contributed by atoms with Crippen LogP contribution in [-0.4, -0.2) is 18.2 Å². The highest BCUT2D eigenvalue weighted by Gasteiger charge is 2.26. The van der Waals surface area contributed by atoms with Gasteiger partial charge in [0.25, 0.3) is 0 Å². The maximum absolute atomic E-state index is 13.8. The Labute approximate surface area is 149 Å². The Bertz CT molecular complexity index is 854. The third-order valence-corrected chi connectivity index (χ3v) is 4.42. The molecule has 26 heavy (non-hydrogen) atoms. The molecule has 2 aromatic carbocycles. The summed E-state index contributed by atoms with van der Waals surface area (Å²) in [5.74, 6) is -12.0. The summed E-state index contributed by atoms with van der Waals surface area (Å²) in [5, 5.41) is 9.24. The zero-order valence-corrected chi connectivity index (χ0v) is 14.0. The number of methoxy groups -OCH3 is 1. The lowest BCUT2D eigenvalue weighted by Gasteiger charge is -2.11. The summed E-state index contributed by atoms with van der Waals surface area (Å²) in [6.07, 6.45) is 0.972. The molecular formula is C17H11F5O3S. The van der Waals surface area contributed by atoms with Gasteiger partial charge in [-0.1, -0.05) is 18.2 Å². The van der Waals surface area contributed by atoms with E-state index in [4.69, 9.17) is 4.74 Å². The van der Waals surface area contributed by atoms with E-state index >= 15 is 0 Å². The first-order valence-corrected chi connectivity index (χ1v) is 7.96. The van der Waals surface area contributed by atoms with Gasteiger partial charge in [0.2, 0.25) is 5.82 Å². The van der Waals surface area contributed by atoms with Crippen molar-refractivity contribution in [2.75, 3.05) is 7.11 Å². The van der Waals surface area contributed by atoms with E-state index in [0.717, 1.165) is 18.0 Å². The molecule has 2 aromatic rings.